The molecule has 0 spiro atoms. The third-order valence-corrected chi connectivity index (χ3v) is 4.84. The lowest BCUT2D eigenvalue weighted by molar-refractivity contribution is -0.110. The molecule has 138 valence electrons. The number of hydrogen-bond acceptors (Lipinski definition) is 5. The van der Waals surface area contributed by atoms with Crippen LogP contribution in [0.5, 0.6) is 17.2 Å². The zero-order valence-electron chi connectivity index (χ0n) is 15.5. The SMILES string of the molecule is [B]c1ccc2c(cc1=O)[C@@H](NC=O)CCc1cc(OC)c(OC)c(OC)c1-2. The lowest BCUT2D eigenvalue weighted by atomic mass is 9.95. The second-order valence-corrected chi connectivity index (χ2v) is 6.22. The maximum absolute atomic E-state index is 12.3. The summed E-state index contributed by atoms with van der Waals surface area (Å²) in [4.78, 5) is 23.5. The Morgan fingerprint density at radius 3 is 2.48 bits per heavy atom. The van der Waals surface area contributed by atoms with Gasteiger partial charge in [-0.2, -0.15) is 0 Å². The number of fused-ring (bicyclic) bond motifs is 3. The van der Waals surface area contributed by atoms with Crippen LogP contribution in [-0.4, -0.2) is 35.6 Å². The fourth-order valence-corrected chi connectivity index (χ4v) is 3.58. The van der Waals surface area contributed by atoms with E-state index in [1.54, 1.807) is 33.5 Å². The second-order valence-electron chi connectivity index (χ2n) is 6.22. The van der Waals surface area contributed by atoms with E-state index in [9.17, 15) is 9.59 Å². The third kappa shape index (κ3) is 3.25. The Morgan fingerprint density at radius 1 is 1.11 bits per heavy atom. The molecule has 0 saturated carbocycles. The predicted octanol–water partition coefficient (Wildman–Crippen LogP) is 1.27. The molecule has 1 amide bonds. The number of carbonyl (C=O) groups is 1. The van der Waals surface area contributed by atoms with Crippen molar-refractivity contribution in [2.45, 2.75) is 18.9 Å². The summed E-state index contributed by atoms with van der Waals surface area (Å²) in [6.45, 7) is 0. The number of benzene rings is 1. The average Bonchev–Trinajstić information content (AvgIpc) is 2.91. The van der Waals surface area contributed by atoms with E-state index in [0.29, 0.717) is 42.1 Å². The molecule has 1 aliphatic carbocycles. The summed E-state index contributed by atoms with van der Waals surface area (Å²) in [5.74, 6) is 1.53. The standard InChI is InChI=1S/C20H20BNO5/c1-25-17-8-11-4-7-15(22-10-23)13-9-16(24)14(21)6-5-12(13)18(11)20(27-3)19(17)26-2/h5-6,8-10,15H,4,7H2,1-3H3,(H,22,23)/t15-/m0/s1. The molecule has 0 fully saturated rings. The van der Waals surface area contributed by atoms with Crippen LogP contribution in [0.3, 0.4) is 0 Å². The molecule has 27 heavy (non-hydrogen) atoms. The monoisotopic (exact) mass is 365 g/mol. The van der Waals surface area contributed by atoms with Gasteiger partial charge in [-0.15, -0.1) is 0 Å². The van der Waals surface area contributed by atoms with Crippen molar-refractivity contribution in [1.29, 1.82) is 0 Å². The van der Waals surface area contributed by atoms with Crippen molar-refractivity contribution in [3.63, 3.8) is 0 Å². The molecule has 7 heteroatoms. The third-order valence-electron chi connectivity index (χ3n) is 4.84. The van der Waals surface area contributed by atoms with Gasteiger partial charge in [-0.05, 0) is 41.7 Å². The summed E-state index contributed by atoms with van der Waals surface area (Å²) in [6, 6.07) is 6.41. The topological polar surface area (TPSA) is 73.9 Å². The average molecular weight is 365 g/mol. The van der Waals surface area contributed by atoms with Crippen LogP contribution in [0.4, 0.5) is 0 Å². The van der Waals surface area contributed by atoms with E-state index in [2.05, 4.69) is 5.32 Å². The Labute approximate surface area is 158 Å². The molecule has 6 nitrogen and oxygen atoms in total. The first-order valence-electron chi connectivity index (χ1n) is 8.51. The van der Waals surface area contributed by atoms with Crippen LogP contribution in [0.25, 0.3) is 11.1 Å². The van der Waals surface area contributed by atoms with Gasteiger partial charge in [0.2, 0.25) is 12.2 Å². The first-order valence-corrected chi connectivity index (χ1v) is 8.51. The van der Waals surface area contributed by atoms with Crippen molar-refractivity contribution in [2.75, 3.05) is 21.3 Å². The molecular weight excluding hydrogens is 345 g/mol. The number of nitrogens with one attached hydrogen (secondary N) is 1. The summed E-state index contributed by atoms with van der Waals surface area (Å²) >= 11 is 0. The van der Waals surface area contributed by atoms with Crippen molar-refractivity contribution in [3.8, 4) is 28.4 Å². The van der Waals surface area contributed by atoms with Crippen LogP contribution in [0, 0.1) is 0 Å². The first kappa shape index (κ1) is 18.8. The molecule has 2 aromatic rings. The van der Waals surface area contributed by atoms with Crippen molar-refractivity contribution in [2.24, 2.45) is 0 Å². The van der Waals surface area contributed by atoms with Gasteiger partial charge in [-0.1, -0.05) is 17.6 Å². The van der Waals surface area contributed by atoms with E-state index in [0.717, 1.165) is 16.7 Å². The molecule has 0 unspecified atom stereocenters. The maximum Gasteiger partial charge on any atom is 0.207 e. The largest absolute Gasteiger partial charge is 0.493 e. The van der Waals surface area contributed by atoms with Gasteiger partial charge < -0.3 is 19.5 Å². The first-order chi connectivity index (χ1) is 13.0. The van der Waals surface area contributed by atoms with E-state index < -0.39 is 0 Å². The van der Waals surface area contributed by atoms with Crippen molar-refractivity contribution in [1.82, 2.24) is 5.32 Å². The van der Waals surface area contributed by atoms with Crippen LogP contribution >= 0.6 is 0 Å². The molecule has 2 aromatic carbocycles. The van der Waals surface area contributed by atoms with Gasteiger partial charge in [-0.3, -0.25) is 9.59 Å². The minimum atomic E-state index is -0.328. The summed E-state index contributed by atoms with van der Waals surface area (Å²) < 4.78 is 16.6. The van der Waals surface area contributed by atoms with Gasteiger partial charge in [0.05, 0.1) is 27.4 Å². The Hall–Kier alpha value is -2.96. The zero-order chi connectivity index (χ0) is 19.6. The minimum absolute atomic E-state index is 0.133. The molecule has 0 aromatic heterocycles. The Morgan fingerprint density at radius 2 is 1.85 bits per heavy atom. The fraction of sp³-hybridized carbons (Fsp3) is 0.300. The van der Waals surface area contributed by atoms with Crippen LogP contribution in [0.2, 0.25) is 0 Å². The highest BCUT2D eigenvalue weighted by Gasteiger charge is 2.28. The molecule has 0 saturated heterocycles. The quantitative estimate of drug-likeness (QED) is 0.638. The number of methoxy groups -OCH3 is 3. The minimum Gasteiger partial charge on any atom is -0.493 e. The molecule has 0 aliphatic heterocycles. The molecule has 0 bridgehead atoms. The summed E-state index contributed by atoms with van der Waals surface area (Å²) in [5, 5.41) is 2.81. The summed E-state index contributed by atoms with van der Waals surface area (Å²) in [7, 11) is 10.5. The molecule has 1 N–H and O–H groups in total. The van der Waals surface area contributed by atoms with E-state index >= 15 is 0 Å². The Bertz CT molecular complexity index is 944. The number of ether oxygens (including phenoxy) is 3. The van der Waals surface area contributed by atoms with Gasteiger partial charge in [0.15, 0.2) is 16.9 Å². The molecule has 0 heterocycles. The molecule has 1 aliphatic rings. The number of aryl methyl sites for hydroxylation is 1. The van der Waals surface area contributed by atoms with Crippen LogP contribution in [-0.2, 0) is 11.2 Å². The lowest BCUT2D eigenvalue weighted by Gasteiger charge is -2.19. The van der Waals surface area contributed by atoms with E-state index in [1.807, 2.05) is 6.07 Å². The predicted molar refractivity (Wildman–Crippen MR) is 103 cm³/mol. The van der Waals surface area contributed by atoms with E-state index in [4.69, 9.17) is 22.1 Å². The van der Waals surface area contributed by atoms with Gasteiger partial charge in [0, 0.05) is 5.56 Å². The van der Waals surface area contributed by atoms with Gasteiger partial charge in [-0.25, -0.2) is 0 Å². The summed E-state index contributed by atoms with van der Waals surface area (Å²) in [6.07, 6.45) is 1.91. The van der Waals surface area contributed by atoms with Crippen LogP contribution < -0.4 is 30.4 Å². The lowest BCUT2D eigenvalue weighted by Crippen LogP contribution is -2.24. The van der Waals surface area contributed by atoms with E-state index in [1.165, 1.54) is 6.07 Å². The fourth-order valence-electron chi connectivity index (χ4n) is 3.58. The number of rotatable bonds is 5. The van der Waals surface area contributed by atoms with Gasteiger partial charge in [0.25, 0.3) is 0 Å². The molecule has 3 rings (SSSR count). The van der Waals surface area contributed by atoms with Crippen molar-refractivity contribution < 1.29 is 19.0 Å². The normalized spacial score (nSPS) is 15.0. The number of amides is 1. The Kier molecular flexibility index (Phi) is 5.39. The highest BCUT2D eigenvalue weighted by Crippen LogP contribution is 2.49. The zero-order valence-corrected chi connectivity index (χ0v) is 15.5. The van der Waals surface area contributed by atoms with E-state index in [-0.39, 0.29) is 16.9 Å². The summed E-state index contributed by atoms with van der Waals surface area (Å²) in [5.41, 5.74) is 3.06. The number of hydrogen-bond donors (Lipinski definition) is 1. The molecule has 2 radical (unpaired) electrons. The second kappa shape index (κ2) is 7.74. The van der Waals surface area contributed by atoms with Crippen LogP contribution in [0.1, 0.15) is 23.6 Å². The van der Waals surface area contributed by atoms with Crippen LogP contribution in [0.15, 0.2) is 29.1 Å². The van der Waals surface area contributed by atoms with Gasteiger partial charge in [0.1, 0.15) is 7.85 Å². The molecule has 1 atom stereocenters. The maximum atomic E-state index is 12.3. The van der Waals surface area contributed by atoms with Crippen molar-refractivity contribution in [3.05, 3.63) is 45.6 Å². The van der Waals surface area contributed by atoms with Crippen molar-refractivity contribution >= 4 is 19.7 Å². The Balaban J connectivity index is 2.43. The highest BCUT2D eigenvalue weighted by atomic mass is 16.5. The highest BCUT2D eigenvalue weighted by molar-refractivity contribution is 6.32. The smallest absolute Gasteiger partial charge is 0.207 e. The molecular formula is C20H20BNO5. The number of carbonyl (C=O) groups excluding carboxylic acids is 1. The van der Waals surface area contributed by atoms with Gasteiger partial charge >= 0.3 is 0 Å².